The van der Waals surface area contributed by atoms with Gasteiger partial charge in [0.2, 0.25) is 5.82 Å². The molecule has 0 saturated carbocycles. The summed E-state index contributed by atoms with van der Waals surface area (Å²) in [5.74, 6) is 2.22. The van der Waals surface area contributed by atoms with E-state index in [1.54, 1.807) is 31.5 Å². The SMILES string of the molecule is COc1ccc(OC)c2sc(N(Cc3cccnc3)C(=O)c3nnc4n3CCC4)nc12. The van der Waals surface area contributed by atoms with Crippen LogP contribution in [0.2, 0.25) is 0 Å². The highest BCUT2D eigenvalue weighted by molar-refractivity contribution is 7.22. The van der Waals surface area contributed by atoms with Crippen molar-refractivity contribution in [3.8, 4) is 11.5 Å². The summed E-state index contributed by atoms with van der Waals surface area (Å²) < 4.78 is 13.7. The zero-order valence-corrected chi connectivity index (χ0v) is 17.9. The molecule has 1 aliphatic rings. The Kier molecular flexibility index (Phi) is 4.99. The van der Waals surface area contributed by atoms with Crippen LogP contribution >= 0.6 is 11.3 Å². The Morgan fingerprint density at radius 1 is 1.19 bits per heavy atom. The van der Waals surface area contributed by atoms with Crippen molar-refractivity contribution in [2.75, 3.05) is 19.1 Å². The predicted octanol–water partition coefficient (Wildman–Crippen LogP) is 3.09. The molecule has 1 aliphatic heterocycles. The van der Waals surface area contributed by atoms with Gasteiger partial charge in [-0.2, -0.15) is 0 Å². The van der Waals surface area contributed by atoms with Gasteiger partial charge in [-0.3, -0.25) is 14.7 Å². The Labute approximate surface area is 182 Å². The Hall–Kier alpha value is -3.53. The Morgan fingerprint density at radius 2 is 2.03 bits per heavy atom. The number of hydrogen-bond acceptors (Lipinski definition) is 8. The molecular weight excluding hydrogens is 416 g/mol. The molecular formula is C21H20N6O3S. The number of benzene rings is 1. The topological polar surface area (TPSA) is 95.3 Å². The quantitative estimate of drug-likeness (QED) is 0.458. The van der Waals surface area contributed by atoms with E-state index in [2.05, 4.69) is 15.2 Å². The van der Waals surface area contributed by atoms with E-state index in [0.717, 1.165) is 35.5 Å². The Balaban J connectivity index is 1.62. The standard InChI is InChI=1S/C21H20N6O3S/c1-29-14-7-8-15(30-2)18-17(14)23-21(31-18)27(12-13-5-3-9-22-11-13)20(28)19-25-24-16-6-4-10-26(16)19/h3,5,7-9,11H,4,6,10,12H2,1-2H3. The maximum Gasteiger partial charge on any atom is 0.298 e. The van der Waals surface area contributed by atoms with Crippen molar-refractivity contribution in [1.82, 2.24) is 24.7 Å². The molecule has 1 amide bonds. The smallest absolute Gasteiger partial charge is 0.298 e. The molecule has 0 N–H and O–H groups in total. The number of methoxy groups -OCH3 is 2. The van der Waals surface area contributed by atoms with Crippen LogP contribution in [0, 0.1) is 0 Å². The summed E-state index contributed by atoms with van der Waals surface area (Å²) >= 11 is 1.38. The van der Waals surface area contributed by atoms with Crippen molar-refractivity contribution >= 4 is 32.6 Å². The van der Waals surface area contributed by atoms with Crippen molar-refractivity contribution in [3.05, 3.63) is 53.9 Å². The monoisotopic (exact) mass is 436 g/mol. The summed E-state index contributed by atoms with van der Waals surface area (Å²) in [6, 6.07) is 7.42. The van der Waals surface area contributed by atoms with Crippen LogP contribution in [0.4, 0.5) is 5.13 Å². The number of amides is 1. The molecule has 0 atom stereocenters. The molecule has 31 heavy (non-hydrogen) atoms. The molecule has 10 heteroatoms. The largest absolute Gasteiger partial charge is 0.495 e. The zero-order valence-electron chi connectivity index (χ0n) is 17.1. The first-order valence-corrected chi connectivity index (χ1v) is 10.7. The number of nitrogens with zero attached hydrogens (tertiary/aromatic N) is 6. The van der Waals surface area contributed by atoms with E-state index in [4.69, 9.17) is 14.5 Å². The number of rotatable bonds is 6. The maximum absolute atomic E-state index is 13.6. The van der Waals surface area contributed by atoms with Gasteiger partial charge < -0.3 is 14.0 Å². The van der Waals surface area contributed by atoms with Crippen LogP contribution < -0.4 is 14.4 Å². The minimum Gasteiger partial charge on any atom is -0.495 e. The van der Waals surface area contributed by atoms with Crippen LogP contribution in [0.5, 0.6) is 11.5 Å². The van der Waals surface area contributed by atoms with Crippen LogP contribution in [-0.4, -0.2) is 44.9 Å². The average Bonchev–Trinajstić information content (AvgIpc) is 3.52. The summed E-state index contributed by atoms with van der Waals surface area (Å²) in [5.41, 5.74) is 1.53. The normalized spacial score (nSPS) is 12.7. The van der Waals surface area contributed by atoms with E-state index in [0.29, 0.717) is 34.5 Å². The number of ether oxygens (including phenoxy) is 2. The lowest BCUT2D eigenvalue weighted by Crippen LogP contribution is -2.32. The first-order chi connectivity index (χ1) is 15.2. The van der Waals surface area contributed by atoms with Gasteiger partial charge in [-0.15, -0.1) is 10.2 Å². The fourth-order valence-electron chi connectivity index (χ4n) is 3.72. The molecule has 0 unspecified atom stereocenters. The highest BCUT2D eigenvalue weighted by Crippen LogP contribution is 2.40. The summed E-state index contributed by atoms with van der Waals surface area (Å²) in [6.07, 6.45) is 5.24. The van der Waals surface area contributed by atoms with Crippen LogP contribution in [0.3, 0.4) is 0 Å². The second-order valence-corrected chi connectivity index (χ2v) is 8.07. The first-order valence-electron chi connectivity index (χ1n) is 9.84. The molecule has 1 aromatic carbocycles. The molecule has 0 spiro atoms. The third kappa shape index (κ3) is 3.38. The maximum atomic E-state index is 13.6. The lowest BCUT2D eigenvalue weighted by molar-refractivity contribution is 0.0970. The predicted molar refractivity (Wildman–Crippen MR) is 116 cm³/mol. The third-order valence-electron chi connectivity index (χ3n) is 5.24. The van der Waals surface area contributed by atoms with Gasteiger partial charge in [0.15, 0.2) is 5.13 Å². The lowest BCUT2D eigenvalue weighted by Gasteiger charge is -2.19. The number of pyridine rings is 1. The van der Waals surface area contributed by atoms with Crippen LogP contribution in [0.1, 0.15) is 28.4 Å². The van der Waals surface area contributed by atoms with E-state index in [9.17, 15) is 4.79 Å². The molecule has 0 bridgehead atoms. The number of aromatic nitrogens is 5. The number of carbonyl (C=O) groups excluding carboxylic acids is 1. The number of hydrogen-bond donors (Lipinski definition) is 0. The van der Waals surface area contributed by atoms with Gasteiger partial charge in [-0.05, 0) is 30.2 Å². The van der Waals surface area contributed by atoms with Gasteiger partial charge in [0, 0.05) is 25.4 Å². The second-order valence-electron chi connectivity index (χ2n) is 7.09. The van der Waals surface area contributed by atoms with E-state index in [-0.39, 0.29) is 5.91 Å². The summed E-state index contributed by atoms with van der Waals surface area (Å²) in [6.45, 7) is 1.05. The minimum atomic E-state index is -0.249. The van der Waals surface area contributed by atoms with Crippen molar-refractivity contribution in [2.24, 2.45) is 0 Å². The van der Waals surface area contributed by atoms with Crippen molar-refractivity contribution in [2.45, 2.75) is 25.9 Å². The minimum absolute atomic E-state index is 0.249. The molecule has 158 valence electrons. The van der Waals surface area contributed by atoms with Gasteiger partial charge in [-0.1, -0.05) is 17.4 Å². The van der Waals surface area contributed by atoms with Gasteiger partial charge in [0.25, 0.3) is 5.91 Å². The summed E-state index contributed by atoms with van der Waals surface area (Å²) in [4.78, 5) is 24.2. The summed E-state index contributed by atoms with van der Waals surface area (Å²) in [5, 5.41) is 8.90. The lowest BCUT2D eigenvalue weighted by atomic mass is 10.2. The summed E-state index contributed by atoms with van der Waals surface area (Å²) in [7, 11) is 3.21. The van der Waals surface area contributed by atoms with Gasteiger partial charge in [0.1, 0.15) is 27.5 Å². The first kappa shape index (κ1) is 19.4. The molecule has 3 aromatic heterocycles. The van der Waals surface area contributed by atoms with Crippen molar-refractivity contribution in [3.63, 3.8) is 0 Å². The van der Waals surface area contributed by atoms with E-state index >= 15 is 0 Å². The van der Waals surface area contributed by atoms with Gasteiger partial charge in [0.05, 0.1) is 20.8 Å². The molecule has 0 radical (unpaired) electrons. The number of thiazole rings is 1. The van der Waals surface area contributed by atoms with Crippen molar-refractivity contribution < 1.29 is 14.3 Å². The molecule has 9 nitrogen and oxygen atoms in total. The van der Waals surface area contributed by atoms with Crippen LogP contribution in [-0.2, 0) is 19.5 Å². The van der Waals surface area contributed by atoms with Crippen LogP contribution in [0.25, 0.3) is 10.2 Å². The van der Waals surface area contributed by atoms with Crippen molar-refractivity contribution in [1.29, 1.82) is 0 Å². The Morgan fingerprint density at radius 3 is 2.81 bits per heavy atom. The van der Waals surface area contributed by atoms with Gasteiger partial charge >= 0.3 is 0 Å². The Bertz CT molecular complexity index is 1210. The third-order valence-corrected chi connectivity index (χ3v) is 6.33. The molecule has 4 heterocycles. The molecule has 4 aromatic rings. The molecule has 0 fully saturated rings. The molecule has 0 saturated heterocycles. The highest BCUT2D eigenvalue weighted by atomic mass is 32.1. The highest BCUT2D eigenvalue weighted by Gasteiger charge is 2.30. The fourth-order valence-corrected chi connectivity index (χ4v) is 4.79. The molecule has 0 aliphatic carbocycles. The fraction of sp³-hybridized carbons (Fsp3) is 0.286. The van der Waals surface area contributed by atoms with Crippen LogP contribution in [0.15, 0.2) is 36.7 Å². The number of anilines is 1. The average molecular weight is 436 g/mol. The number of aryl methyl sites for hydroxylation is 1. The molecule has 5 rings (SSSR count). The van der Waals surface area contributed by atoms with Gasteiger partial charge in [-0.25, -0.2) is 4.98 Å². The van der Waals surface area contributed by atoms with E-state index in [1.165, 1.54) is 11.3 Å². The number of fused-ring (bicyclic) bond motifs is 2. The second kappa shape index (κ2) is 7.95. The van der Waals surface area contributed by atoms with E-state index < -0.39 is 0 Å². The van der Waals surface area contributed by atoms with E-state index in [1.807, 2.05) is 28.8 Å². The number of carbonyl (C=O) groups is 1. The zero-order chi connectivity index (χ0) is 21.4.